The topological polar surface area (TPSA) is 55.8 Å². The molecule has 4 heteroatoms. The Kier molecular flexibility index (Phi) is 4.43. The number of hydrogen-bond acceptors (Lipinski definition) is 4. The van der Waals surface area contributed by atoms with E-state index in [0.29, 0.717) is 6.61 Å². The van der Waals surface area contributed by atoms with Crippen LogP contribution in [0, 0.1) is 6.92 Å². The van der Waals surface area contributed by atoms with Crippen LogP contribution in [0.15, 0.2) is 6.07 Å². The molecule has 0 radical (unpaired) electrons. The number of carbonyl (C=O) groups excluding carboxylic acids is 1. The molecule has 0 aromatic heterocycles. The lowest BCUT2D eigenvalue weighted by molar-refractivity contribution is -0.145. The van der Waals surface area contributed by atoms with Gasteiger partial charge in [-0.3, -0.25) is 0 Å². The summed E-state index contributed by atoms with van der Waals surface area (Å²) in [7, 11) is 0. The first kappa shape index (κ1) is 13.9. The molecule has 4 nitrogen and oxygen atoms in total. The summed E-state index contributed by atoms with van der Waals surface area (Å²) in [5.74, 6) is 0.411. The zero-order chi connectivity index (χ0) is 13.8. The maximum atomic E-state index is 11.3. The van der Waals surface area contributed by atoms with Gasteiger partial charge in [0.1, 0.15) is 5.75 Å². The standard InChI is InChI=1S/C15H20O4/c1-3-18-15(17)9-19-14-7-10(2)13(8-16)11-5-4-6-12(11)14/h7,16H,3-6,8-9H2,1-2H3. The first-order valence-corrected chi connectivity index (χ1v) is 6.70. The van der Waals surface area contributed by atoms with Gasteiger partial charge in [0.05, 0.1) is 13.2 Å². The summed E-state index contributed by atoms with van der Waals surface area (Å²) in [6.45, 7) is 4.10. The molecule has 0 spiro atoms. The number of rotatable bonds is 5. The molecular weight excluding hydrogens is 244 g/mol. The van der Waals surface area contributed by atoms with Gasteiger partial charge in [0.15, 0.2) is 6.61 Å². The highest BCUT2D eigenvalue weighted by Gasteiger charge is 2.21. The van der Waals surface area contributed by atoms with Crippen LogP contribution in [-0.4, -0.2) is 24.3 Å². The van der Waals surface area contributed by atoms with Gasteiger partial charge in [-0.2, -0.15) is 0 Å². The van der Waals surface area contributed by atoms with Gasteiger partial charge >= 0.3 is 5.97 Å². The molecule has 0 saturated heterocycles. The van der Waals surface area contributed by atoms with Gasteiger partial charge in [-0.15, -0.1) is 0 Å². The average Bonchev–Trinajstić information content (AvgIpc) is 2.85. The molecule has 104 valence electrons. The van der Waals surface area contributed by atoms with Crippen molar-refractivity contribution >= 4 is 5.97 Å². The molecule has 1 N–H and O–H groups in total. The molecule has 2 rings (SSSR count). The molecule has 0 unspecified atom stereocenters. The van der Waals surface area contributed by atoms with Crippen LogP contribution in [0.5, 0.6) is 5.75 Å². The normalized spacial score (nSPS) is 13.2. The largest absolute Gasteiger partial charge is 0.482 e. The Labute approximate surface area is 113 Å². The number of benzene rings is 1. The second-order valence-corrected chi connectivity index (χ2v) is 4.73. The second-order valence-electron chi connectivity index (χ2n) is 4.73. The van der Waals surface area contributed by atoms with Crippen molar-refractivity contribution in [1.29, 1.82) is 0 Å². The fraction of sp³-hybridized carbons (Fsp3) is 0.533. The third kappa shape index (κ3) is 2.89. The van der Waals surface area contributed by atoms with Crippen LogP contribution in [0.1, 0.15) is 35.6 Å². The van der Waals surface area contributed by atoms with Crippen LogP contribution in [0.2, 0.25) is 0 Å². The van der Waals surface area contributed by atoms with Gasteiger partial charge in [0.25, 0.3) is 0 Å². The van der Waals surface area contributed by atoms with Crippen molar-refractivity contribution in [3.8, 4) is 5.75 Å². The number of hydrogen-bond donors (Lipinski definition) is 1. The van der Waals surface area contributed by atoms with Crippen LogP contribution in [0.25, 0.3) is 0 Å². The van der Waals surface area contributed by atoms with E-state index in [2.05, 4.69) is 0 Å². The molecule has 1 aliphatic carbocycles. The smallest absolute Gasteiger partial charge is 0.344 e. The Bertz CT molecular complexity index is 480. The van der Waals surface area contributed by atoms with Gasteiger partial charge in [-0.25, -0.2) is 4.79 Å². The minimum Gasteiger partial charge on any atom is -0.482 e. The van der Waals surface area contributed by atoms with Crippen LogP contribution < -0.4 is 4.74 Å². The summed E-state index contributed by atoms with van der Waals surface area (Å²) in [5.41, 5.74) is 4.36. The van der Waals surface area contributed by atoms with Crippen LogP contribution in [0.4, 0.5) is 0 Å². The third-order valence-electron chi connectivity index (χ3n) is 3.51. The Morgan fingerprint density at radius 2 is 2.11 bits per heavy atom. The highest BCUT2D eigenvalue weighted by atomic mass is 16.6. The van der Waals surface area contributed by atoms with Crippen molar-refractivity contribution in [1.82, 2.24) is 0 Å². The number of aryl methyl sites for hydroxylation is 1. The number of carbonyl (C=O) groups is 1. The maximum Gasteiger partial charge on any atom is 0.344 e. The summed E-state index contributed by atoms with van der Waals surface area (Å²) in [5, 5.41) is 9.45. The van der Waals surface area contributed by atoms with E-state index in [1.807, 2.05) is 13.0 Å². The lowest BCUT2D eigenvalue weighted by Gasteiger charge is -2.15. The molecule has 0 heterocycles. The molecule has 0 atom stereocenters. The van der Waals surface area contributed by atoms with E-state index in [-0.39, 0.29) is 19.2 Å². The summed E-state index contributed by atoms with van der Waals surface area (Å²) in [4.78, 5) is 11.3. The van der Waals surface area contributed by atoms with Crippen LogP contribution in [-0.2, 0) is 29.0 Å². The molecule has 1 aromatic rings. The van der Waals surface area contributed by atoms with Gasteiger partial charge in [-0.1, -0.05) is 0 Å². The summed E-state index contributed by atoms with van der Waals surface area (Å²) < 4.78 is 10.4. The van der Waals surface area contributed by atoms with Crippen molar-refractivity contribution in [2.24, 2.45) is 0 Å². The van der Waals surface area contributed by atoms with Crippen molar-refractivity contribution in [3.05, 3.63) is 28.3 Å². The molecule has 0 bridgehead atoms. The Hall–Kier alpha value is -1.55. The van der Waals surface area contributed by atoms with E-state index in [1.165, 1.54) is 5.56 Å². The lowest BCUT2D eigenvalue weighted by atomic mass is 9.98. The summed E-state index contributed by atoms with van der Waals surface area (Å²) in [6.07, 6.45) is 2.99. The minimum atomic E-state index is -0.349. The molecule has 0 aliphatic heterocycles. The van der Waals surface area contributed by atoms with E-state index in [0.717, 1.165) is 41.7 Å². The van der Waals surface area contributed by atoms with E-state index in [1.54, 1.807) is 6.92 Å². The lowest BCUT2D eigenvalue weighted by Crippen LogP contribution is -2.15. The van der Waals surface area contributed by atoms with E-state index >= 15 is 0 Å². The fourth-order valence-electron chi connectivity index (χ4n) is 2.65. The summed E-state index contributed by atoms with van der Waals surface area (Å²) in [6, 6.07) is 1.91. The molecule has 1 aliphatic rings. The Balaban J connectivity index is 2.20. The van der Waals surface area contributed by atoms with E-state index in [9.17, 15) is 9.90 Å². The molecule has 0 saturated carbocycles. The predicted octanol–water partition coefficient (Wildman–Crippen LogP) is 1.92. The summed E-state index contributed by atoms with van der Waals surface area (Å²) >= 11 is 0. The zero-order valence-corrected chi connectivity index (χ0v) is 11.5. The van der Waals surface area contributed by atoms with E-state index < -0.39 is 0 Å². The number of fused-ring (bicyclic) bond motifs is 1. The van der Waals surface area contributed by atoms with Crippen molar-refractivity contribution < 1.29 is 19.4 Å². The molecule has 0 amide bonds. The average molecular weight is 264 g/mol. The molecule has 1 aromatic carbocycles. The monoisotopic (exact) mass is 264 g/mol. The maximum absolute atomic E-state index is 11.3. The van der Waals surface area contributed by atoms with Crippen molar-refractivity contribution in [2.45, 2.75) is 39.7 Å². The first-order valence-electron chi connectivity index (χ1n) is 6.70. The van der Waals surface area contributed by atoms with Crippen molar-refractivity contribution in [2.75, 3.05) is 13.2 Å². The highest BCUT2D eigenvalue weighted by Crippen LogP contribution is 2.35. The zero-order valence-electron chi connectivity index (χ0n) is 11.5. The minimum absolute atomic E-state index is 0.0573. The fourth-order valence-corrected chi connectivity index (χ4v) is 2.65. The van der Waals surface area contributed by atoms with Gasteiger partial charge in [0, 0.05) is 0 Å². The number of aliphatic hydroxyl groups excluding tert-OH is 1. The quantitative estimate of drug-likeness (QED) is 0.825. The first-order chi connectivity index (χ1) is 9.17. The third-order valence-corrected chi connectivity index (χ3v) is 3.51. The van der Waals surface area contributed by atoms with Crippen molar-refractivity contribution in [3.63, 3.8) is 0 Å². The Morgan fingerprint density at radius 3 is 2.79 bits per heavy atom. The number of esters is 1. The van der Waals surface area contributed by atoms with Crippen LogP contribution >= 0.6 is 0 Å². The predicted molar refractivity (Wildman–Crippen MR) is 71.3 cm³/mol. The van der Waals surface area contributed by atoms with Gasteiger partial charge < -0.3 is 14.6 Å². The number of ether oxygens (including phenoxy) is 2. The molecule has 0 fully saturated rings. The SMILES string of the molecule is CCOC(=O)COc1cc(C)c(CO)c2c1CCC2. The van der Waals surface area contributed by atoms with E-state index in [4.69, 9.17) is 9.47 Å². The molecular formula is C15H20O4. The van der Waals surface area contributed by atoms with Gasteiger partial charge in [0.2, 0.25) is 0 Å². The van der Waals surface area contributed by atoms with Crippen LogP contribution in [0.3, 0.4) is 0 Å². The van der Waals surface area contributed by atoms with Gasteiger partial charge in [-0.05, 0) is 61.4 Å². The molecule has 19 heavy (non-hydrogen) atoms. The highest BCUT2D eigenvalue weighted by molar-refractivity contribution is 5.71. The Morgan fingerprint density at radius 1 is 1.37 bits per heavy atom. The number of aliphatic hydroxyl groups is 1. The second kappa shape index (κ2) is 6.06.